The minimum Gasteiger partial charge on any atom is -0.299 e. The van der Waals surface area contributed by atoms with E-state index in [0.717, 1.165) is 39.3 Å². The highest BCUT2D eigenvalue weighted by Crippen LogP contribution is 2.08. The van der Waals surface area contributed by atoms with Gasteiger partial charge in [-0.15, -0.1) is 0 Å². The summed E-state index contributed by atoms with van der Waals surface area (Å²) in [7, 11) is -3.33. The molecular weight excluding hydrogens is 324 g/mol. The lowest BCUT2D eigenvalue weighted by molar-refractivity contribution is 0.129. The molecule has 0 aromatic heterocycles. The van der Waals surface area contributed by atoms with Crippen LogP contribution in [0, 0.1) is 0 Å². The summed E-state index contributed by atoms with van der Waals surface area (Å²) in [6, 6.07) is 10.5. The number of piperazine rings is 1. The van der Waals surface area contributed by atoms with Crippen molar-refractivity contribution in [3.05, 3.63) is 35.9 Å². The van der Waals surface area contributed by atoms with E-state index in [0.29, 0.717) is 19.6 Å². The number of hydrogen-bond donors (Lipinski definition) is 1. The Hall–Kier alpha value is -0.990. The minimum atomic E-state index is -3.33. The fraction of sp³-hybridized carbons (Fsp3) is 0.647. The molecule has 2 rings (SSSR count). The van der Waals surface area contributed by atoms with Gasteiger partial charge < -0.3 is 0 Å². The van der Waals surface area contributed by atoms with E-state index in [1.165, 1.54) is 9.87 Å². The smallest absolute Gasteiger partial charge is 0.279 e. The first-order valence-electron chi connectivity index (χ1n) is 8.78. The summed E-state index contributed by atoms with van der Waals surface area (Å²) in [5.41, 5.74) is 1.35. The van der Waals surface area contributed by atoms with Crippen molar-refractivity contribution in [1.29, 1.82) is 0 Å². The Morgan fingerprint density at radius 3 is 2.17 bits per heavy atom. The molecule has 1 saturated heterocycles. The van der Waals surface area contributed by atoms with E-state index < -0.39 is 10.2 Å². The monoisotopic (exact) mass is 354 g/mol. The quantitative estimate of drug-likeness (QED) is 0.718. The first kappa shape index (κ1) is 19.3. The topological polar surface area (TPSA) is 55.9 Å². The molecule has 1 aromatic carbocycles. The van der Waals surface area contributed by atoms with Gasteiger partial charge in [0.05, 0.1) is 0 Å². The summed E-state index contributed by atoms with van der Waals surface area (Å²) >= 11 is 0. The molecule has 0 saturated carbocycles. The maximum atomic E-state index is 12.1. The van der Waals surface area contributed by atoms with Crippen LogP contribution in [0.4, 0.5) is 0 Å². The standard InChI is InChI=1S/C17H30N4O2S/c1-3-21(4-2)24(22,23)18-10-11-19-12-14-20(15-13-19)16-17-8-6-5-7-9-17/h5-9,18H,3-4,10-16H2,1-2H3. The zero-order valence-electron chi connectivity index (χ0n) is 14.8. The number of nitrogens with zero attached hydrogens (tertiary/aromatic N) is 3. The molecule has 7 heteroatoms. The fourth-order valence-corrected chi connectivity index (χ4v) is 4.21. The average molecular weight is 355 g/mol. The third-order valence-electron chi connectivity index (χ3n) is 4.47. The highest BCUT2D eigenvalue weighted by atomic mass is 32.2. The van der Waals surface area contributed by atoms with Gasteiger partial charge in [0.2, 0.25) is 0 Å². The Bertz CT molecular complexity index is 568. The molecule has 0 unspecified atom stereocenters. The zero-order chi connectivity index (χ0) is 17.4. The molecule has 0 atom stereocenters. The Labute approximate surface area is 146 Å². The van der Waals surface area contributed by atoms with Gasteiger partial charge in [-0.05, 0) is 5.56 Å². The second-order valence-electron chi connectivity index (χ2n) is 6.09. The van der Waals surface area contributed by atoms with Gasteiger partial charge in [0, 0.05) is 58.9 Å². The number of nitrogens with one attached hydrogen (secondary N) is 1. The molecule has 0 bridgehead atoms. The molecule has 0 aliphatic carbocycles. The Kier molecular flexibility index (Phi) is 7.64. The second kappa shape index (κ2) is 9.48. The Morgan fingerprint density at radius 1 is 1.00 bits per heavy atom. The van der Waals surface area contributed by atoms with Gasteiger partial charge in [0.25, 0.3) is 10.2 Å². The van der Waals surface area contributed by atoms with E-state index in [4.69, 9.17) is 0 Å². The predicted octanol–water partition coefficient (Wildman–Crippen LogP) is 0.980. The van der Waals surface area contributed by atoms with E-state index in [2.05, 4.69) is 38.8 Å². The van der Waals surface area contributed by atoms with Gasteiger partial charge in [-0.2, -0.15) is 12.7 Å². The van der Waals surface area contributed by atoms with Crippen molar-refractivity contribution in [3.8, 4) is 0 Å². The first-order chi connectivity index (χ1) is 11.5. The summed E-state index contributed by atoms with van der Waals surface area (Å²) < 4.78 is 28.3. The lowest BCUT2D eigenvalue weighted by Crippen LogP contribution is -2.49. The minimum absolute atomic E-state index is 0.470. The maximum absolute atomic E-state index is 12.1. The van der Waals surface area contributed by atoms with Gasteiger partial charge in [-0.25, -0.2) is 4.72 Å². The van der Waals surface area contributed by atoms with Gasteiger partial charge in [-0.3, -0.25) is 9.80 Å². The molecule has 1 aliphatic rings. The third-order valence-corrected chi connectivity index (χ3v) is 6.24. The van der Waals surface area contributed by atoms with Crippen LogP contribution in [0.2, 0.25) is 0 Å². The van der Waals surface area contributed by atoms with Crippen molar-refractivity contribution in [2.24, 2.45) is 0 Å². The van der Waals surface area contributed by atoms with Crippen LogP contribution in [-0.4, -0.2) is 74.9 Å². The second-order valence-corrected chi connectivity index (χ2v) is 7.84. The molecule has 1 aromatic rings. The summed E-state index contributed by atoms with van der Waals surface area (Å²) in [5.74, 6) is 0. The van der Waals surface area contributed by atoms with Crippen LogP contribution >= 0.6 is 0 Å². The van der Waals surface area contributed by atoms with Crippen molar-refractivity contribution >= 4 is 10.2 Å². The lowest BCUT2D eigenvalue weighted by atomic mass is 10.2. The van der Waals surface area contributed by atoms with Crippen LogP contribution in [0.15, 0.2) is 30.3 Å². The van der Waals surface area contributed by atoms with Crippen molar-refractivity contribution in [1.82, 2.24) is 18.8 Å². The van der Waals surface area contributed by atoms with E-state index in [9.17, 15) is 8.42 Å². The van der Waals surface area contributed by atoms with Crippen molar-refractivity contribution in [2.75, 3.05) is 52.4 Å². The van der Waals surface area contributed by atoms with Crippen LogP contribution in [-0.2, 0) is 16.8 Å². The largest absolute Gasteiger partial charge is 0.299 e. The van der Waals surface area contributed by atoms with Gasteiger partial charge in [0.1, 0.15) is 0 Å². The normalized spacial score (nSPS) is 17.5. The number of hydrogen-bond acceptors (Lipinski definition) is 4. The highest BCUT2D eigenvalue weighted by molar-refractivity contribution is 7.87. The molecule has 0 amide bonds. The highest BCUT2D eigenvalue weighted by Gasteiger charge is 2.20. The van der Waals surface area contributed by atoms with Crippen LogP contribution in [0.3, 0.4) is 0 Å². The van der Waals surface area contributed by atoms with Crippen LogP contribution < -0.4 is 4.72 Å². The Morgan fingerprint density at radius 2 is 1.58 bits per heavy atom. The summed E-state index contributed by atoms with van der Waals surface area (Å²) in [6.07, 6.45) is 0. The van der Waals surface area contributed by atoms with Gasteiger partial charge in [0.15, 0.2) is 0 Å². The van der Waals surface area contributed by atoms with E-state index in [1.54, 1.807) is 0 Å². The van der Waals surface area contributed by atoms with Crippen LogP contribution in [0.25, 0.3) is 0 Å². The number of benzene rings is 1. The third kappa shape index (κ3) is 5.82. The first-order valence-corrected chi connectivity index (χ1v) is 10.2. The molecule has 1 aliphatic heterocycles. The maximum Gasteiger partial charge on any atom is 0.279 e. The molecule has 1 fully saturated rings. The zero-order valence-corrected chi connectivity index (χ0v) is 15.6. The molecule has 0 radical (unpaired) electrons. The lowest BCUT2D eigenvalue weighted by Gasteiger charge is -2.34. The van der Waals surface area contributed by atoms with Crippen molar-refractivity contribution in [2.45, 2.75) is 20.4 Å². The van der Waals surface area contributed by atoms with Crippen LogP contribution in [0.5, 0.6) is 0 Å². The summed E-state index contributed by atoms with van der Waals surface area (Å²) in [4.78, 5) is 4.78. The predicted molar refractivity (Wildman–Crippen MR) is 98.0 cm³/mol. The Balaban J connectivity index is 1.68. The van der Waals surface area contributed by atoms with E-state index in [1.807, 2.05) is 19.9 Å². The summed E-state index contributed by atoms with van der Waals surface area (Å²) in [5, 5.41) is 0. The molecule has 24 heavy (non-hydrogen) atoms. The number of rotatable bonds is 9. The average Bonchev–Trinajstić information content (AvgIpc) is 2.58. The molecule has 6 nitrogen and oxygen atoms in total. The fourth-order valence-electron chi connectivity index (χ4n) is 3.00. The van der Waals surface area contributed by atoms with Crippen molar-refractivity contribution in [3.63, 3.8) is 0 Å². The van der Waals surface area contributed by atoms with E-state index in [-0.39, 0.29) is 0 Å². The van der Waals surface area contributed by atoms with Gasteiger partial charge in [-0.1, -0.05) is 44.2 Å². The molecule has 1 N–H and O–H groups in total. The molecule has 0 spiro atoms. The van der Waals surface area contributed by atoms with Gasteiger partial charge >= 0.3 is 0 Å². The summed E-state index contributed by atoms with van der Waals surface area (Å²) in [6.45, 7) is 11.0. The van der Waals surface area contributed by atoms with Crippen LogP contribution in [0.1, 0.15) is 19.4 Å². The molecule has 1 heterocycles. The SMILES string of the molecule is CCN(CC)S(=O)(=O)NCCN1CCN(Cc2ccccc2)CC1. The van der Waals surface area contributed by atoms with E-state index >= 15 is 0 Å². The molecule has 136 valence electrons. The molecular formula is C17H30N4O2S. The van der Waals surface area contributed by atoms with Crippen molar-refractivity contribution < 1.29 is 8.42 Å².